The summed E-state index contributed by atoms with van der Waals surface area (Å²) in [5.74, 6) is 0.914. The third-order valence-corrected chi connectivity index (χ3v) is 7.00. The fourth-order valence-electron chi connectivity index (χ4n) is 3.83. The molecule has 1 fully saturated rings. The average Bonchev–Trinajstić information content (AvgIpc) is 3.27. The van der Waals surface area contributed by atoms with Crippen molar-refractivity contribution in [3.8, 4) is 16.3 Å². The number of fused-ring (bicyclic) bond motifs is 1. The standard InChI is InChI=1S/C21H23BrClN3OS/c1-21(2,3)26-8-4-5-14(26)12-27-15-6-7-17-13(9-15)10-18(28-17)19-16(22)11-24-20(23)25-19/h6-7,9-11,14H,4-5,8,12H2,1-3H3/t14-/m0/s1. The van der Waals surface area contributed by atoms with Gasteiger partial charge >= 0.3 is 0 Å². The van der Waals surface area contributed by atoms with E-state index in [0.29, 0.717) is 6.04 Å². The maximum atomic E-state index is 6.19. The van der Waals surface area contributed by atoms with Crippen LogP contribution in [0.2, 0.25) is 5.28 Å². The van der Waals surface area contributed by atoms with Gasteiger partial charge in [0.15, 0.2) is 0 Å². The number of ether oxygens (including phenoxy) is 1. The highest BCUT2D eigenvalue weighted by atomic mass is 79.9. The third kappa shape index (κ3) is 4.20. The van der Waals surface area contributed by atoms with Crippen LogP contribution in [0.5, 0.6) is 5.75 Å². The van der Waals surface area contributed by atoms with Crippen LogP contribution in [0.15, 0.2) is 34.9 Å². The Morgan fingerprint density at radius 2 is 2.14 bits per heavy atom. The molecule has 0 aliphatic carbocycles. The Morgan fingerprint density at radius 3 is 2.93 bits per heavy atom. The summed E-state index contributed by atoms with van der Waals surface area (Å²) in [6.07, 6.45) is 4.13. The molecular formula is C21H23BrClN3OS. The lowest BCUT2D eigenvalue weighted by atomic mass is 10.1. The van der Waals surface area contributed by atoms with Crippen molar-refractivity contribution in [3.63, 3.8) is 0 Å². The number of hydrogen-bond donors (Lipinski definition) is 0. The van der Waals surface area contributed by atoms with Crippen molar-refractivity contribution in [1.29, 1.82) is 0 Å². The molecule has 0 unspecified atom stereocenters. The molecule has 0 saturated carbocycles. The summed E-state index contributed by atoms with van der Waals surface area (Å²) >= 11 is 11.2. The van der Waals surface area contributed by atoms with Gasteiger partial charge in [-0.3, -0.25) is 4.90 Å². The monoisotopic (exact) mass is 479 g/mol. The second-order valence-electron chi connectivity index (χ2n) is 8.12. The number of nitrogens with zero attached hydrogens (tertiary/aromatic N) is 3. The SMILES string of the molecule is CC(C)(C)N1CCC[C@H]1COc1ccc2sc(-c3nc(Cl)ncc3Br)cc2c1. The van der Waals surface area contributed by atoms with Crippen LogP contribution < -0.4 is 4.74 Å². The minimum atomic E-state index is 0.183. The largest absolute Gasteiger partial charge is 0.492 e. The Hall–Kier alpha value is -1.21. The highest BCUT2D eigenvalue weighted by Gasteiger charge is 2.33. The minimum absolute atomic E-state index is 0.183. The van der Waals surface area contributed by atoms with E-state index in [0.717, 1.165) is 39.3 Å². The summed E-state index contributed by atoms with van der Waals surface area (Å²) in [6.45, 7) is 8.72. The van der Waals surface area contributed by atoms with Crippen LogP contribution in [-0.4, -0.2) is 39.6 Å². The van der Waals surface area contributed by atoms with E-state index in [9.17, 15) is 0 Å². The van der Waals surface area contributed by atoms with E-state index in [1.165, 1.54) is 17.5 Å². The normalized spacial score (nSPS) is 18.1. The number of likely N-dealkylation sites (tertiary alicyclic amines) is 1. The van der Waals surface area contributed by atoms with Crippen LogP contribution in [0.25, 0.3) is 20.7 Å². The molecule has 1 aliphatic heterocycles. The number of aromatic nitrogens is 2. The predicted molar refractivity (Wildman–Crippen MR) is 121 cm³/mol. The first-order valence-electron chi connectivity index (χ1n) is 9.43. The van der Waals surface area contributed by atoms with Crippen molar-refractivity contribution in [2.75, 3.05) is 13.2 Å². The van der Waals surface area contributed by atoms with Gasteiger partial charge in [-0.1, -0.05) is 0 Å². The molecule has 0 spiro atoms. The fourth-order valence-corrected chi connectivity index (χ4v) is 5.55. The molecule has 1 atom stereocenters. The van der Waals surface area contributed by atoms with Crippen molar-refractivity contribution in [2.24, 2.45) is 0 Å². The van der Waals surface area contributed by atoms with Crippen molar-refractivity contribution in [3.05, 3.63) is 40.2 Å². The zero-order valence-electron chi connectivity index (χ0n) is 16.2. The molecule has 1 saturated heterocycles. The molecule has 4 rings (SSSR count). The number of thiophene rings is 1. The highest BCUT2D eigenvalue weighted by Crippen LogP contribution is 2.37. The molecule has 1 aliphatic rings. The number of benzene rings is 1. The first kappa shape index (κ1) is 20.1. The van der Waals surface area contributed by atoms with Crippen LogP contribution in [0.1, 0.15) is 33.6 Å². The Labute approximate surface area is 183 Å². The lowest BCUT2D eigenvalue weighted by Gasteiger charge is -2.36. The van der Waals surface area contributed by atoms with Crippen molar-refractivity contribution in [2.45, 2.75) is 45.2 Å². The van der Waals surface area contributed by atoms with Crippen LogP contribution in [0.4, 0.5) is 0 Å². The first-order valence-corrected chi connectivity index (χ1v) is 11.4. The van der Waals surface area contributed by atoms with Gasteiger partial charge in [0.1, 0.15) is 12.4 Å². The fraction of sp³-hybridized carbons (Fsp3) is 0.429. The molecule has 1 aromatic carbocycles. The zero-order valence-corrected chi connectivity index (χ0v) is 19.4. The maximum absolute atomic E-state index is 6.19. The van der Waals surface area contributed by atoms with Gasteiger partial charge in [0.2, 0.25) is 5.28 Å². The van der Waals surface area contributed by atoms with Crippen molar-refractivity contribution >= 4 is 49.0 Å². The number of rotatable bonds is 4. The van der Waals surface area contributed by atoms with Gasteiger partial charge in [-0.25, -0.2) is 9.97 Å². The maximum Gasteiger partial charge on any atom is 0.222 e. The van der Waals surface area contributed by atoms with Gasteiger partial charge in [-0.2, -0.15) is 0 Å². The second-order valence-corrected chi connectivity index (χ2v) is 10.4. The van der Waals surface area contributed by atoms with E-state index in [1.807, 2.05) is 0 Å². The molecule has 0 bridgehead atoms. The predicted octanol–water partition coefficient (Wildman–Crippen LogP) is 6.42. The van der Waals surface area contributed by atoms with Crippen molar-refractivity contribution in [1.82, 2.24) is 14.9 Å². The molecule has 3 heterocycles. The van der Waals surface area contributed by atoms with E-state index in [-0.39, 0.29) is 10.8 Å². The average molecular weight is 481 g/mol. The molecule has 0 amide bonds. The van der Waals surface area contributed by atoms with Gasteiger partial charge in [-0.15, -0.1) is 11.3 Å². The summed E-state index contributed by atoms with van der Waals surface area (Å²) in [5.41, 5.74) is 0.999. The molecule has 148 valence electrons. The summed E-state index contributed by atoms with van der Waals surface area (Å²) in [5, 5.41) is 1.40. The summed E-state index contributed by atoms with van der Waals surface area (Å²) in [7, 11) is 0. The quantitative estimate of drug-likeness (QED) is 0.404. The molecule has 3 aromatic rings. The summed E-state index contributed by atoms with van der Waals surface area (Å²) < 4.78 is 8.22. The van der Waals surface area contributed by atoms with Gasteiger partial charge in [-0.05, 0) is 97.3 Å². The Kier molecular flexibility index (Phi) is 5.67. The smallest absolute Gasteiger partial charge is 0.222 e. The number of halogens is 2. The topological polar surface area (TPSA) is 38.2 Å². The van der Waals surface area contributed by atoms with E-state index in [2.05, 4.69) is 75.8 Å². The molecule has 28 heavy (non-hydrogen) atoms. The molecule has 2 aromatic heterocycles. The zero-order chi connectivity index (χ0) is 19.9. The lowest BCUT2D eigenvalue weighted by Crippen LogP contribution is -2.46. The van der Waals surface area contributed by atoms with Gasteiger partial charge < -0.3 is 4.74 Å². The Bertz CT molecular complexity index is 1000. The van der Waals surface area contributed by atoms with E-state index in [1.54, 1.807) is 17.5 Å². The Balaban J connectivity index is 1.53. The first-order chi connectivity index (χ1) is 13.3. The molecule has 0 radical (unpaired) electrons. The lowest BCUT2D eigenvalue weighted by molar-refractivity contribution is 0.0878. The third-order valence-electron chi connectivity index (χ3n) is 5.12. The highest BCUT2D eigenvalue weighted by molar-refractivity contribution is 9.10. The Morgan fingerprint density at radius 1 is 1.32 bits per heavy atom. The van der Waals surface area contributed by atoms with Crippen LogP contribution in [0, 0.1) is 0 Å². The summed E-state index contributed by atoms with van der Waals surface area (Å²) in [6, 6.07) is 8.90. The van der Waals surface area contributed by atoms with Crippen LogP contribution in [-0.2, 0) is 0 Å². The number of hydrogen-bond acceptors (Lipinski definition) is 5. The minimum Gasteiger partial charge on any atom is -0.492 e. The second kappa shape index (κ2) is 7.90. The van der Waals surface area contributed by atoms with Crippen LogP contribution >= 0.6 is 38.9 Å². The van der Waals surface area contributed by atoms with Gasteiger partial charge in [0, 0.05) is 22.5 Å². The molecule has 7 heteroatoms. The van der Waals surface area contributed by atoms with Gasteiger partial charge in [0.25, 0.3) is 0 Å². The summed E-state index contributed by atoms with van der Waals surface area (Å²) in [4.78, 5) is 12.0. The molecule has 4 nitrogen and oxygen atoms in total. The molecule has 0 N–H and O–H groups in total. The van der Waals surface area contributed by atoms with Gasteiger partial charge in [0.05, 0.1) is 15.0 Å². The van der Waals surface area contributed by atoms with Crippen LogP contribution in [0.3, 0.4) is 0 Å². The van der Waals surface area contributed by atoms with E-state index >= 15 is 0 Å². The van der Waals surface area contributed by atoms with Crippen molar-refractivity contribution < 1.29 is 4.74 Å². The molecular weight excluding hydrogens is 458 g/mol. The van der Waals surface area contributed by atoms with E-state index < -0.39 is 0 Å². The van der Waals surface area contributed by atoms with E-state index in [4.69, 9.17) is 16.3 Å².